The van der Waals surface area contributed by atoms with Gasteiger partial charge in [-0.25, -0.2) is 9.78 Å². The topological polar surface area (TPSA) is 113 Å². The fraction of sp³-hybridized carbons (Fsp3) is 0.312. The lowest BCUT2D eigenvalue weighted by Crippen LogP contribution is -2.52. The van der Waals surface area contributed by atoms with Crippen LogP contribution >= 0.6 is 0 Å². The van der Waals surface area contributed by atoms with E-state index in [0.29, 0.717) is 11.3 Å². The number of aryl methyl sites for hydroxylation is 1. The first-order valence-corrected chi connectivity index (χ1v) is 7.50. The van der Waals surface area contributed by atoms with E-state index in [-0.39, 0.29) is 6.03 Å². The average Bonchev–Trinajstić information content (AvgIpc) is 2.90. The van der Waals surface area contributed by atoms with Crippen molar-refractivity contribution in [1.29, 1.82) is 0 Å². The highest BCUT2D eigenvalue weighted by molar-refractivity contribution is 5.96. The summed E-state index contributed by atoms with van der Waals surface area (Å²) in [5, 5.41) is 5.73. The van der Waals surface area contributed by atoms with E-state index in [0.717, 1.165) is 30.8 Å². The van der Waals surface area contributed by atoms with Crippen LogP contribution in [0.25, 0.3) is 0 Å². The molecule has 0 radical (unpaired) electrons. The molecule has 2 aromatic rings. The summed E-state index contributed by atoms with van der Waals surface area (Å²) < 4.78 is 0. The largest absolute Gasteiger partial charge is 0.366 e. The summed E-state index contributed by atoms with van der Waals surface area (Å²) in [4.78, 5) is 31.0. The van der Waals surface area contributed by atoms with Crippen molar-refractivity contribution in [3.63, 3.8) is 0 Å². The van der Waals surface area contributed by atoms with Gasteiger partial charge in [0.15, 0.2) is 0 Å². The minimum atomic E-state index is -0.532. The molecule has 0 atom stereocenters. The Balaban J connectivity index is 1.71. The molecule has 1 fully saturated rings. The van der Waals surface area contributed by atoms with Gasteiger partial charge in [0.25, 0.3) is 0 Å². The van der Waals surface area contributed by atoms with Crippen molar-refractivity contribution in [1.82, 2.24) is 15.3 Å². The van der Waals surface area contributed by atoms with Crippen molar-refractivity contribution in [2.24, 2.45) is 5.73 Å². The number of nitrogens with zero attached hydrogens (tertiary/aromatic N) is 1. The number of primary amides is 1. The number of hydrogen-bond donors (Lipinski definition) is 4. The Kier molecular flexibility index (Phi) is 3.77. The third-order valence-corrected chi connectivity index (χ3v) is 4.12. The Labute approximate surface area is 133 Å². The lowest BCUT2D eigenvalue weighted by atomic mass is 9.76. The second-order valence-corrected chi connectivity index (χ2v) is 5.87. The zero-order valence-electron chi connectivity index (χ0n) is 12.8. The molecule has 1 aliphatic carbocycles. The number of carbonyl (C=O) groups is 2. The molecule has 1 aromatic heterocycles. The Hall–Kier alpha value is -2.83. The number of amides is 3. The van der Waals surface area contributed by atoms with E-state index in [1.807, 2.05) is 6.92 Å². The molecule has 1 saturated carbocycles. The number of nitrogens with two attached hydrogens (primary N) is 1. The number of aromatic amines is 1. The molecule has 7 heteroatoms. The summed E-state index contributed by atoms with van der Waals surface area (Å²) in [7, 11) is 0. The number of imidazole rings is 1. The lowest BCUT2D eigenvalue weighted by molar-refractivity contribution is 0.1000. The Morgan fingerprint density at radius 2 is 2.13 bits per heavy atom. The molecule has 0 spiro atoms. The molecule has 120 valence electrons. The number of aromatic nitrogens is 2. The first-order chi connectivity index (χ1) is 11.0. The van der Waals surface area contributed by atoms with E-state index in [9.17, 15) is 9.59 Å². The van der Waals surface area contributed by atoms with Crippen LogP contribution in [0.4, 0.5) is 10.5 Å². The second kappa shape index (κ2) is 5.75. The molecule has 1 aliphatic rings. The maximum atomic E-state index is 12.3. The molecule has 0 aliphatic heterocycles. The third kappa shape index (κ3) is 3.03. The molecule has 0 saturated heterocycles. The molecular formula is C16H19N5O2. The summed E-state index contributed by atoms with van der Waals surface area (Å²) in [6.07, 6.45) is 4.48. The molecule has 1 heterocycles. The molecule has 23 heavy (non-hydrogen) atoms. The van der Waals surface area contributed by atoms with E-state index >= 15 is 0 Å². The molecular weight excluding hydrogens is 294 g/mol. The summed E-state index contributed by atoms with van der Waals surface area (Å²) in [6, 6.07) is 6.19. The van der Waals surface area contributed by atoms with Gasteiger partial charge in [-0.05, 0) is 44.4 Å². The monoisotopic (exact) mass is 313 g/mol. The fourth-order valence-corrected chi connectivity index (χ4v) is 2.74. The lowest BCUT2D eigenvalue weighted by Gasteiger charge is -2.40. The number of urea groups is 1. The van der Waals surface area contributed by atoms with Gasteiger partial charge in [-0.1, -0.05) is 6.07 Å². The highest BCUT2D eigenvalue weighted by Gasteiger charge is 2.42. The van der Waals surface area contributed by atoms with Crippen LogP contribution in [-0.4, -0.2) is 21.9 Å². The van der Waals surface area contributed by atoms with Crippen LogP contribution in [0.5, 0.6) is 0 Å². The van der Waals surface area contributed by atoms with E-state index in [1.54, 1.807) is 30.5 Å². The Morgan fingerprint density at radius 1 is 1.35 bits per heavy atom. The van der Waals surface area contributed by atoms with Crippen LogP contribution < -0.4 is 16.4 Å². The maximum absolute atomic E-state index is 12.3. The predicted molar refractivity (Wildman–Crippen MR) is 86.0 cm³/mol. The number of hydrogen-bond acceptors (Lipinski definition) is 3. The highest BCUT2D eigenvalue weighted by atomic mass is 16.2. The van der Waals surface area contributed by atoms with Gasteiger partial charge in [-0.2, -0.15) is 0 Å². The van der Waals surface area contributed by atoms with E-state index in [4.69, 9.17) is 5.73 Å². The van der Waals surface area contributed by atoms with Gasteiger partial charge >= 0.3 is 6.03 Å². The van der Waals surface area contributed by atoms with E-state index < -0.39 is 11.4 Å². The first kappa shape index (κ1) is 15.1. The number of anilines is 1. The fourth-order valence-electron chi connectivity index (χ4n) is 2.74. The normalized spacial score (nSPS) is 15.5. The van der Waals surface area contributed by atoms with Crippen molar-refractivity contribution >= 4 is 17.6 Å². The minimum Gasteiger partial charge on any atom is -0.366 e. The number of benzene rings is 1. The van der Waals surface area contributed by atoms with Gasteiger partial charge < -0.3 is 21.4 Å². The number of carbonyl (C=O) groups excluding carboxylic acids is 2. The molecule has 3 rings (SSSR count). The van der Waals surface area contributed by atoms with Gasteiger partial charge in [0.05, 0.1) is 5.54 Å². The highest BCUT2D eigenvalue weighted by Crippen LogP contribution is 2.39. The molecule has 3 amide bonds. The van der Waals surface area contributed by atoms with Gasteiger partial charge in [0.1, 0.15) is 5.82 Å². The van der Waals surface area contributed by atoms with Crippen molar-refractivity contribution in [3.8, 4) is 0 Å². The molecule has 0 bridgehead atoms. The van der Waals surface area contributed by atoms with Crippen LogP contribution in [-0.2, 0) is 5.54 Å². The van der Waals surface area contributed by atoms with E-state index in [2.05, 4.69) is 20.6 Å². The quantitative estimate of drug-likeness (QED) is 0.692. The molecule has 1 aromatic carbocycles. The summed E-state index contributed by atoms with van der Waals surface area (Å²) >= 11 is 0. The summed E-state index contributed by atoms with van der Waals surface area (Å²) in [6.45, 7) is 1.93. The van der Waals surface area contributed by atoms with Crippen molar-refractivity contribution in [2.75, 3.05) is 5.32 Å². The number of H-pyrrole nitrogens is 1. The van der Waals surface area contributed by atoms with Crippen LogP contribution in [0.2, 0.25) is 0 Å². The first-order valence-electron chi connectivity index (χ1n) is 7.50. The van der Waals surface area contributed by atoms with Crippen molar-refractivity contribution < 1.29 is 9.59 Å². The molecule has 7 nitrogen and oxygen atoms in total. The predicted octanol–water partition coefficient (Wildman–Crippen LogP) is 2.02. The molecule has 5 N–H and O–H groups in total. The summed E-state index contributed by atoms with van der Waals surface area (Å²) in [5.74, 6) is 0.248. The average molecular weight is 313 g/mol. The van der Waals surface area contributed by atoms with Crippen LogP contribution in [0.3, 0.4) is 0 Å². The zero-order valence-corrected chi connectivity index (χ0v) is 12.8. The summed E-state index contributed by atoms with van der Waals surface area (Å²) in [5.41, 5.74) is 6.63. The Bertz CT molecular complexity index is 748. The molecule has 0 unspecified atom stereocenters. The van der Waals surface area contributed by atoms with Gasteiger partial charge in [0, 0.05) is 23.1 Å². The minimum absolute atomic E-state index is 0.333. The SMILES string of the molecule is Cc1cnc(C2(NC(=O)Nc3cccc(C(N)=O)c3)CCC2)[nH]1. The van der Waals surface area contributed by atoms with Gasteiger partial charge in [0.2, 0.25) is 5.91 Å². The third-order valence-electron chi connectivity index (χ3n) is 4.12. The number of nitrogens with one attached hydrogen (secondary N) is 3. The van der Waals surface area contributed by atoms with Crippen LogP contribution in [0, 0.1) is 6.92 Å². The maximum Gasteiger partial charge on any atom is 0.320 e. The Morgan fingerprint density at radius 3 is 2.70 bits per heavy atom. The van der Waals surface area contributed by atoms with E-state index in [1.165, 1.54) is 0 Å². The smallest absolute Gasteiger partial charge is 0.320 e. The zero-order chi connectivity index (χ0) is 16.4. The van der Waals surface area contributed by atoms with Gasteiger partial charge in [-0.15, -0.1) is 0 Å². The van der Waals surface area contributed by atoms with Crippen molar-refractivity contribution in [3.05, 3.63) is 47.5 Å². The van der Waals surface area contributed by atoms with Crippen LogP contribution in [0.15, 0.2) is 30.5 Å². The number of rotatable bonds is 4. The van der Waals surface area contributed by atoms with Crippen LogP contribution in [0.1, 0.15) is 41.1 Å². The second-order valence-electron chi connectivity index (χ2n) is 5.87. The standard InChI is InChI=1S/C16H19N5O2/c1-10-9-18-14(19-10)16(6-3-7-16)21-15(23)20-12-5-2-4-11(8-12)13(17)22/h2,4-5,8-9H,3,6-7H2,1H3,(H2,17,22)(H,18,19)(H2,20,21,23). The van der Waals surface area contributed by atoms with Crippen molar-refractivity contribution in [2.45, 2.75) is 31.7 Å². The van der Waals surface area contributed by atoms with Gasteiger partial charge in [-0.3, -0.25) is 4.79 Å².